The Morgan fingerprint density at radius 3 is 2.21 bits per heavy atom. The minimum Gasteiger partial charge on any atom is -0.454 e. The topological polar surface area (TPSA) is 93.6 Å². The molecule has 7 nitrogen and oxygen atoms in total. The van der Waals surface area contributed by atoms with Crippen molar-refractivity contribution in [2.24, 2.45) is 17.8 Å². The van der Waals surface area contributed by atoms with Gasteiger partial charge in [0, 0.05) is 16.5 Å². The van der Waals surface area contributed by atoms with Crippen LogP contribution in [0.5, 0.6) is 0 Å². The second-order valence-electron chi connectivity index (χ2n) is 12.7. The molecule has 3 unspecified atom stereocenters. The lowest BCUT2D eigenvalue weighted by Crippen LogP contribution is -2.30. The molecule has 0 bridgehead atoms. The summed E-state index contributed by atoms with van der Waals surface area (Å²) in [7, 11) is 0. The standard InChI is InChI=1S/C40H34N2O5/c1-24-8-18-31-33(21-24)39(45)42(38(31)44)30-16-14-28(15-17-30)36-22-34(32-20-25(2)9-19-35(32)41-36)40(46)47-23-37(43)29-12-10-27(11-13-29)26-6-4-3-5-7-26/h3-7,9-17,19-20,22,24,31,33H,8,18,21,23H2,1-2H3. The molecule has 2 amide bonds. The third kappa shape index (κ3) is 5.85. The number of hydrogen-bond acceptors (Lipinski definition) is 6. The van der Waals surface area contributed by atoms with Crippen LogP contribution < -0.4 is 4.90 Å². The maximum Gasteiger partial charge on any atom is 0.339 e. The number of pyridine rings is 1. The highest BCUT2D eigenvalue weighted by atomic mass is 16.5. The van der Waals surface area contributed by atoms with Gasteiger partial charge in [-0.2, -0.15) is 0 Å². The Morgan fingerprint density at radius 2 is 1.47 bits per heavy atom. The third-order valence-corrected chi connectivity index (χ3v) is 9.44. The molecular weight excluding hydrogens is 588 g/mol. The van der Waals surface area contributed by atoms with E-state index in [1.807, 2.05) is 67.6 Å². The zero-order chi connectivity index (χ0) is 32.7. The summed E-state index contributed by atoms with van der Waals surface area (Å²) in [6, 6.07) is 31.6. The monoisotopic (exact) mass is 622 g/mol. The fraction of sp³-hybridized carbons (Fsp3) is 0.225. The highest BCUT2D eigenvalue weighted by Gasteiger charge is 2.49. The van der Waals surface area contributed by atoms with Crippen LogP contribution in [0, 0.1) is 24.7 Å². The number of amides is 2. The summed E-state index contributed by atoms with van der Waals surface area (Å²) in [6.07, 6.45) is 2.45. The van der Waals surface area contributed by atoms with Crippen molar-refractivity contribution in [1.29, 1.82) is 0 Å². The highest BCUT2D eigenvalue weighted by molar-refractivity contribution is 6.22. The van der Waals surface area contributed by atoms with Crippen molar-refractivity contribution in [3.63, 3.8) is 0 Å². The number of nitrogens with zero attached hydrogens (tertiary/aromatic N) is 2. The number of rotatable bonds is 7. The van der Waals surface area contributed by atoms with Gasteiger partial charge in [0.05, 0.1) is 34.3 Å². The van der Waals surface area contributed by atoms with Crippen molar-refractivity contribution in [2.45, 2.75) is 33.1 Å². The van der Waals surface area contributed by atoms with E-state index in [9.17, 15) is 19.2 Å². The van der Waals surface area contributed by atoms with E-state index in [1.165, 1.54) is 4.90 Å². The fourth-order valence-corrected chi connectivity index (χ4v) is 6.85. The zero-order valence-corrected chi connectivity index (χ0v) is 26.3. The summed E-state index contributed by atoms with van der Waals surface area (Å²) in [6.45, 7) is 3.67. The van der Waals surface area contributed by atoms with E-state index in [2.05, 4.69) is 6.92 Å². The van der Waals surface area contributed by atoms with Crippen LogP contribution in [0.4, 0.5) is 5.69 Å². The molecule has 1 saturated carbocycles. The van der Waals surface area contributed by atoms with E-state index in [0.29, 0.717) is 44.9 Å². The Balaban J connectivity index is 1.11. The lowest BCUT2D eigenvalue weighted by atomic mass is 9.76. The average Bonchev–Trinajstić information content (AvgIpc) is 3.35. The first-order valence-corrected chi connectivity index (χ1v) is 16.0. The molecule has 1 aliphatic carbocycles. The summed E-state index contributed by atoms with van der Waals surface area (Å²) < 4.78 is 5.56. The van der Waals surface area contributed by atoms with Crippen molar-refractivity contribution in [3.05, 3.63) is 120 Å². The number of ether oxygens (including phenoxy) is 1. The molecule has 2 aliphatic rings. The molecule has 1 aliphatic heterocycles. The maximum absolute atomic E-state index is 13.5. The summed E-state index contributed by atoms with van der Waals surface area (Å²) in [4.78, 5) is 59.0. The Hall–Kier alpha value is -5.43. The quantitative estimate of drug-likeness (QED) is 0.104. The van der Waals surface area contributed by atoms with Gasteiger partial charge >= 0.3 is 5.97 Å². The fourth-order valence-electron chi connectivity index (χ4n) is 6.85. The van der Waals surface area contributed by atoms with Crippen molar-refractivity contribution in [1.82, 2.24) is 4.98 Å². The Morgan fingerprint density at radius 1 is 0.787 bits per heavy atom. The van der Waals surface area contributed by atoms with Crippen molar-refractivity contribution < 1.29 is 23.9 Å². The van der Waals surface area contributed by atoms with Gasteiger partial charge in [0.1, 0.15) is 0 Å². The van der Waals surface area contributed by atoms with E-state index in [1.54, 1.807) is 42.5 Å². The first kappa shape index (κ1) is 30.2. The van der Waals surface area contributed by atoms with Gasteiger partial charge in [-0.3, -0.25) is 19.3 Å². The molecule has 47 heavy (non-hydrogen) atoms. The number of carbonyl (C=O) groups excluding carboxylic acids is 4. The number of esters is 1. The van der Waals surface area contributed by atoms with Crippen LogP contribution in [0.3, 0.4) is 0 Å². The number of Topliss-reactive ketones (excluding diaryl/α,β-unsaturated/α-hetero) is 1. The highest BCUT2D eigenvalue weighted by Crippen LogP contribution is 2.42. The van der Waals surface area contributed by atoms with Gasteiger partial charge in [0.15, 0.2) is 12.4 Å². The van der Waals surface area contributed by atoms with Crippen LogP contribution in [0.2, 0.25) is 0 Å². The minimum atomic E-state index is -0.625. The van der Waals surface area contributed by atoms with Gasteiger partial charge in [-0.25, -0.2) is 9.78 Å². The molecule has 2 fully saturated rings. The van der Waals surface area contributed by atoms with Crippen LogP contribution in [0.25, 0.3) is 33.3 Å². The van der Waals surface area contributed by atoms with Crippen molar-refractivity contribution >= 4 is 40.2 Å². The number of aryl methyl sites for hydroxylation is 1. The van der Waals surface area contributed by atoms with Crippen molar-refractivity contribution in [2.75, 3.05) is 11.5 Å². The lowest BCUT2D eigenvalue weighted by molar-refractivity contribution is -0.122. The first-order valence-electron chi connectivity index (χ1n) is 16.0. The molecule has 0 spiro atoms. The van der Waals surface area contributed by atoms with Crippen LogP contribution in [0.1, 0.15) is 52.5 Å². The molecule has 0 N–H and O–H groups in total. The summed E-state index contributed by atoms with van der Waals surface area (Å²) >= 11 is 0. The second-order valence-corrected chi connectivity index (χ2v) is 12.7. The molecule has 7 rings (SSSR count). The third-order valence-electron chi connectivity index (χ3n) is 9.44. The molecule has 4 aromatic carbocycles. The van der Waals surface area contributed by atoms with Gasteiger partial charge in [-0.15, -0.1) is 0 Å². The second kappa shape index (κ2) is 12.4. The predicted octanol–water partition coefficient (Wildman–Crippen LogP) is 7.84. The molecule has 2 heterocycles. The largest absolute Gasteiger partial charge is 0.454 e. The number of imide groups is 1. The molecule has 1 aromatic heterocycles. The molecule has 234 valence electrons. The SMILES string of the molecule is Cc1ccc2nc(-c3ccc(N4C(=O)C5CCC(C)CC5C4=O)cc3)cc(C(=O)OCC(=O)c3ccc(-c4ccccc4)cc3)c2c1. The van der Waals surface area contributed by atoms with Gasteiger partial charge in [-0.05, 0) is 73.6 Å². The van der Waals surface area contributed by atoms with Gasteiger partial charge < -0.3 is 4.74 Å². The van der Waals surface area contributed by atoms with Crippen LogP contribution >= 0.6 is 0 Å². The molecular formula is C40H34N2O5. The number of hydrogen-bond donors (Lipinski definition) is 0. The maximum atomic E-state index is 13.5. The molecule has 0 radical (unpaired) electrons. The van der Waals surface area contributed by atoms with E-state index < -0.39 is 12.6 Å². The molecule has 3 atom stereocenters. The van der Waals surface area contributed by atoms with E-state index in [0.717, 1.165) is 36.0 Å². The smallest absolute Gasteiger partial charge is 0.339 e. The number of fused-ring (bicyclic) bond motifs is 2. The normalized spacial score (nSPS) is 19.1. The minimum absolute atomic E-state index is 0.120. The van der Waals surface area contributed by atoms with Gasteiger partial charge in [0.2, 0.25) is 11.8 Å². The van der Waals surface area contributed by atoms with E-state index in [4.69, 9.17) is 9.72 Å². The number of benzene rings is 4. The number of ketones is 1. The van der Waals surface area contributed by atoms with Gasteiger partial charge in [0.25, 0.3) is 0 Å². The average molecular weight is 623 g/mol. The molecule has 1 saturated heterocycles. The first-order chi connectivity index (χ1) is 22.8. The van der Waals surface area contributed by atoms with Gasteiger partial charge in [-0.1, -0.05) is 85.3 Å². The van der Waals surface area contributed by atoms with E-state index >= 15 is 0 Å². The van der Waals surface area contributed by atoms with Crippen LogP contribution in [0.15, 0.2) is 103 Å². The molecule has 5 aromatic rings. The molecule has 7 heteroatoms. The lowest BCUT2D eigenvalue weighted by Gasteiger charge is -2.25. The Kier molecular flexibility index (Phi) is 7.98. The summed E-state index contributed by atoms with van der Waals surface area (Å²) in [5.41, 5.74) is 6.14. The summed E-state index contributed by atoms with van der Waals surface area (Å²) in [5.74, 6) is -1.22. The summed E-state index contributed by atoms with van der Waals surface area (Å²) in [5, 5.41) is 0.625. The van der Waals surface area contributed by atoms with E-state index in [-0.39, 0.29) is 29.4 Å². The predicted molar refractivity (Wildman–Crippen MR) is 181 cm³/mol. The number of anilines is 1. The van der Waals surface area contributed by atoms with Crippen LogP contribution in [-0.4, -0.2) is 35.2 Å². The number of carbonyl (C=O) groups is 4. The Labute approximate surface area is 273 Å². The zero-order valence-electron chi connectivity index (χ0n) is 26.3. The Bertz CT molecular complexity index is 2020. The van der Waals surface area contributed by atoms with Crippen molar-refractivity contribution in [3.8, 4) is 22.4 Å². The van der Waals surface area contributed by atoms with Crippen LogP contribution in [-0.2, 0) is 14.3 Å². The number of aromatic nitrogens is 1.